The molecule has 0 aliphatic carbocycles. The number of nitrogens with two attached hydrogens (primary N) is 1. The molecule has 120 valence electrons. The molecule has 0 saturated carbocycles. The Kier molecular flexibility index (Phi) is 5.17. The molecule has 5 atom stereocenters. The second-order valence-corrected chi connectivity index (χ2v) is 7.22. The predicted octanol–water partition coefficient (Wildman–Crippen LogP) is -0.261. The molecule has 21 heavy (non-hydrogen) atoms. The minimum Gasteiger partial charge on any atom is -0.466 e. The molecular weight excluding hydrogens is 264 g/mol. The average molecular weight is 296 g/mol. The predicted molar refractivity (Wildman–Crippen MR) is 81.0 cm³/mol. The van der Waals surface area contributed by atoms with Crippen molar-refractivity contribution in [2.45, 2.75) is 64.0 Å². The lowest BCUT2D eigenvalue weighted by Crippen LogP contribution is -3.22. The molecule has 0 amide bonds. The van der Waals surface area contributed by atoms with E-state index in [4.69, 9.17) is 4.74 Å². The van der Waals surface area contributed by atoms with Crippen LogP contribution in [-0.2, 0) is 9.53 Å². The van der Waals surface area contributed by atoms with Crippen molar-refractivity contribution in [2.24, 2.45) is 11.8 Å². The van der Waals surface area contributed by atoms with E-state index in [-0.39, 0.29) is 5.97 Å². The zero-order valence-electron chi connectivity index (χ0n) is 13.5. The molecule has 4 heteroatoms. The minimum absolute atomic E-state index is 0.0141. The topological polar surface area (TPSA) is 47.3 Å². The van der Waals surface area contributed by atoms with E-state index in [1.807, 2.05) is 11.8 Å². The highest BCUT2D eigenvalue weighted by molar-refractivity contribution is 5.69. The maximum absolute atomic E-state index is 11.5. The second-order valence-electron chi connectivity index (χ2n) is 7.22. The lowest BCUT2D eigenvalue weighted by Gasteiger charge is -2.49. The Morgan fingerprint density at radius 2 is 2.10 bits per heavy atom. The van der Waals surface area contributed by atoms with Crippen LogP contribution in [0.25, 0.3) is 0 Å². The average Bonchev–Trinajstić information content (AvgIpc) is 2.50. The first-order valence-corrected chi connectivity index (χ1v) is 9.13. The molecule has 0 aromatic heterocycles. The third kappa shape index (κ3) is 3.42. The van der Waals surface area contributed by atoms with E-state index in [1.165, 1.54) is 51.7 Å². The van der Waals surface area contributed by atoms with Gasteiger partial charge in [0.15, 0.2) is 0 Å². The van der Waals surface area contributed by atoms with Gasteiger partial charge in [-0.15, -0.1) is 0 Å². The highest BCUT2D eigenvalue weighted by Crippen LogP contribution is 2.29. The third-order valence-corrected chi connectivity index (χ3v) is 6.06. The van der Waals surface area contributed by atoms with Crippen LogP contribution < -0.4 is 10.2 Å². The van der Waals surface area contributed by atoms with Gasteiger partial charge in [0.05, 0.1) is 44.1 Å². The molecule has 3 heterocycles. The molecule has 3 aliphatic heterocycles. The summed E-state index contributed by atoms with van der Waals surface area (Å²) >= 11 is 0. The van der Waals surface area contributed by atoms with Gasteiger partial charge >= 0.3 is 5.97 Å². The molecule has 0 spiro atoms. The third-order valence-electron chi connectivity index (χ3n) is 6.06. The molecule has 3 aliphatic rings. The van der Waals surface area contributed by atoms with E-state index in [0.717, 1.165) is 30.3 Å². The molecule has 0 bridgehead atoms. The highest BCUT2D eigenvalue weighted by atomic mass is 16.5. The quantitative estimate of drug-likeness (QED) is 0.687. The van der Waals surface area contributed by atoms with Gasteiger partial charge in [-0.1, -0.05) is 0 Å². The van der Waals surface area contributed by atoms with E-state index in [2.05, 4.69) is 5.32 Å². The van der Waals surface area contributed by atoms with Crippen LogP contribution in [0, 0.1) is 11.8 Å². The number of hydrogen-bond acceptors (Lipinski definition) is 2. The van der Waals surface area contributed by atoms with Gasteiger partial charge in [0, 0.05) is 12.8 Å². The van der Waals surface area contributed by atoms with Gasteiger partial charge in [-0.25, -0.2) is 0 Å². The van der Waals surface area contributed by atoms with Crippen molar-refractivity contribution < 1.29 is 19.7 Å². The second kappa shape index (κ2) is 7.10. The summed E-state index contributed by atoms with van der Waals surface area (Å²) in [5, 5.41) is 2.62. The molecule has 0 aromatic rings. The molecule has 1 unspecified atom stereocenters. The van der Waals surface area contributed by atoms with Crippen LogP contribution >= 0.6 is 0 Å². The van der Waals surface area contributed by atoms with E-state index < -0.39 is 0 Å². The van der Waals surface area contributed by atoms with Crippen LogP contribution in [0.5, 0.6) is 0 Å². The minimum atomic E-state index is -0.0141. The molecule has 3 N–H and O–H groups in total. The summed E-state index contributed by atoms with van der Waals surface area (Å²) in [7, 11) is 0. The molecule has 3 rings (SSSR count). The van der Waals surface area contributed by atoms with Crippen LogP contribution in [0.2, 0.25) is 0 Å². The molecular formula is C17H32N2O2+2. The summed E-state index contributed by atoms with van der Waals surface area (Å²) in [6, 6.07) is 1.69. The number of piperidine rings is 3. The van der Waals surface area contributed by atoms with Crippen molar-refractivity contribution in [1.29, 1.82) is 0 Å². The van der Waals surface area contributed by atoms with Crippen molar-refractivity contribution in [3.63, 3.8) is 0 Å². The van der Waals surface area contributed by atoms with Gasteiger partial charge in [0.2, 0.25) is 0 Å². The smallest absolute Gasteiger partial charge is 0.305 e. The van der Waals surface area contributed by atoms with E-state index in [1.54, 1.807) is 0 Å². The number of nitrogens with one attached hydrogen (secondary N) is 1. The number of quaternary nitrogens is 2. The van der Waals surface area contributed by atoms with Gasteiger partial charge in [-0.2, -0.15) is 0 Å². The van der Waals surface area contributed by atoms with E-state index in [0.29, 0.717) is 13.0 Å². The van der Waals surface area contributed by atoms with Crippen LogP contribution in [0.1, 0.15) is 51.9 Å². The zero-order valence-corrected chi connectivity index (χ0v) is 13.5. The fourth-order valence-electron chi connectivity index (χ4n) is 5.28. The highest BCUT2D eigenvalue weighted by Gasteiger charge is 2.50. The number of hydrogen-bond donors (Lipinski definition) is 2. The summed E-state index contributed by atoms with van der Waals surface area (Å²) in [6.45, 7) is 6.55. The van der Waals surface area contributed by atoms with Crippen molar-refractivity contribution in [1.82, 2.24) is 0 Å². The lowest BCUT2D eigenvalue weighted by atomic mass is 9.70. The molecule has 3 saturated heterocycles. The summed E-state index contributed by atoms with van der Waals surface area (Å²) in [6.07, 6.45) is 8.52. The first-order chi connectivity index (χ1) is 10.3. The summed E-state index contributed by atoms with van der Waals surface area (Å²) in [5.41, 5.74) is 0. The summed E-state index contributed by atoms with van der Waals surface area (Å²) in [5.74, 6) is 1.84. The molecule has 3 fully saturated rings. The maximum atomic E-state index is 11.5. The number of ether oxygens (including phenoxy) is 1. The van der Waals surface area contributed by atoms with Crippen molar-refractivity contribution >= 4 is 5.97 Å². The van der Waals surface area contributed by atoms with Gasteiger partial charge in [-0.05, 0) is 39.0 Å². The zero-order chi connectivity index (χ0) is 14.7. The monoisotopic (exact) mass is 296 g/mol. The van der Waals surface area contributed by atoms with Crippen LogP contribution in [0.3, 0.4) is 0 Å². The Morgan fingerprint density at radius 1 is 1.29 bits per heavy atom. The van der Waals surface area contributed by atoms with E-state index >= 15 is 0 Å². The van der Waals surface area contributed by atoms with Crippen molar-refractivity contribution in [3.05, 3.63) is 0 Å². The fraction of sp³-hybridized carbons (Fsp3) is 0.941. The first kappa shape index (κ1) is 15.3. The Balaban J connectivity index is 1.53. The SMILES string of the molecule is CCOC(=O)CCC[C@@H]1[NH2+]C[C@@H]2CCC[NH+]3CCC[C@@H]1[C@@H]23. The number of carbonyl (C=O) groups excluding carboxylic acids is 1. The van der Waals surface area contributed by atoms with Crippen molar-refractivity contribution in [3.8, 4) is 0 Å². The van der Waals surface area contributed by atoms with Crippen LogP contribution in [0.15, 0.2) is 0 Å². The Labute approximate surface area is 128 Å². The van der Waals surface area contributed by atoms with Gasteiger partial charge in [-0.3, -0.25) is 4.79 Å². The van der Waals surface area contributed by atoms with Crippen molar-refractivity contribution in [2.75, 3.05) is 26.2 Å². The first-order valence-electron chi connectivity index (χ1n) is 9.13. The Hall–Kier alpha value is -0.610. The van der Waals surface area contributed by atoms with Crippen LogP contribution in [-0.4, -0.2) is 44.3 Å². The maximum Gasteiger partial charge on any atom is 0.305 e. The van der Waals surface area contributed by atoms with Crippen LogP contribution in [0.4, 0.5) is 0 Å². The number of rotatable bonds is 5. The summed E-state index contributed by atoms with van der Waals surface area (Å²) in [4.78, 5) is 13.4. The van der Waals surface area contributed by atoms with Gasteiger partial charge < -0.3 is 15.0 Å². The standard InChI is InChI=1S/C17H30N2O2/c1-2-21-16(20)9-3-8-15-14-7-5-11-19-10-4-6-13(12-18-15)17(14)19/h13-15,17-18H,2-12H2,1H3/p+2/t13-,14-,15-,17+/m0/s1. The largest absolute Gasteiger partial charge is 0.466 e. The Bertz CT molecular complexity index is 352. The number of esters is 1. The lowest BCUT2D eigenvalue weighted by molar-refractivity contribution is -0.956. The normalized spacial score (nSPS) is 38.6. The van der Waals surface area contributed by atoms with Gasteiger partial charge in [0.1, 0.15) is 6.04 Å². The fourth-order valence-corrected chi connectivity index (χ4v) is 5.28. The van der Waals surface area contributed by atoms with Gasteiger partial charge in [0.25, 0.3) is 0 Å². The molecule has 4 nitrogen and oxygen atoms in total. The van der Waals surface area contributed by atoms with E-state index in [9.17, 15) is 4.79 Å². The molecule has 0 radical (unpaired) electrons. The molecule has 0 aromatic carbocycles. The number of carbonyl (C=O) groups is 1. The Morgan fingerprint density at radius 3 is 2.90 bits per heavy atom. The summed E-state index contributed by atoms with van der Waals surface area (Å²) < 4.78 is 5.05.